The lowest BCUT2D eigenvalue weighted by molar-refractivity contribution is 0.572. The SMILES string of the molecule is N#Cc1ccc2nc(C34c5ccccc5CC(c5ccccc5)(c5ccccc53)c3ccccc34)cnc2c1. The van der Waals surface area contributed by atoms with E-state index in [1.165, 1.54) is 38.9 Å². The first-order valence-corrected chi connectivity index (χ1v) is 13.3. The highest BCUT2D eigenvalue weighted by Crippen LogP contribution is 2.61. The van der Waals surface area contributed by atoms with E-state index in [0.29, 0.717) is 5.56 Å². The molecule has 0 fully saturated rings. The Morgan fingerprint density at radius 3 is 1.92 bits per heavy atom. The summed E-state index contributed by atoms with van der Waals surface area (Å²) in [6.45, 7) is 0. The van der Waals surface area contributed by atoms with Gasteiger partial charge in [0.1, 0.15) is 0 Å². The van der Waals surface area contributed by atoms with Gasteiger partial charge in [0.05, 0.1) is 40.0 Å². The molecule has 6 aromatic rings. The van der Waals surface area contributed by atoms with Crippen LogP contribution in [-0.2, 0) is 17.3 Å². The standard InChI is InChI=1S/C36H23N3/c37-22-24-18-19-32-33(20-24)38-23-34(39-32)36-27-13-5-4-10-25(27)21-35(26-11-2-1-3-12-26,28-14-6-8-16-30(28)36)29-15-7-9-17-31(29)36/h1-20,23H,21H2. The Kier molecular flexibility index (Phi) is 4.48. The highest BCUT2D eigenvalue weighted by atomic mass is 14.8. The van der Waals surface area contributed by atoms with E-state index in [-0.39, 0.29) is 5.41 Å². The zero-order valence-electron chi connectivity index (χ0n) is 21.2. The molecule has 0 atom stereocenters. The molecule has 0 saturated carbocycles. The first-order chi connectivity index (χ1) is 19.3. The van der Waals surface area contributed by atoms with Crippen molar-refractivity contribution in [2.75, 3.05) is 0 Å². The predicted octanol–water partition coefficient (Wildman–Crippen LogP) is 7.09. The Morgan fingerprint density at radius 1 is 0.615 bits per heavy atom. The normalized spacial score (nSPS) is 20.4. The zero-order valence-corrected chi connectivity index (χ0v) is 21.2. The van der Waals surface area contributed by atoms with Gasteiger partial charge in [-0.05, 0) is 63.6 Å². The van der Waals surface area contributed by atoms with E-state index in [1.54, 1.807) is 0 Å². The van der Waals surface area contributed by atoms with Crippen molar-refractivity contribution >= 4 is 11.0 Å². The van der Waals surface area contributed by atoms with Gasteiger partial charge >= 0.3 is 0 Å². The second-order valence-corrected chi connectivity index (χ2v) is 10.5. The fourth-order valence-corrected chi connectivity index (χ4v) is 7.27. The number of nitriles is 1. The van der Waals surface area contributed by atoms with Crippen LogP contribution in [0.5, 0.6) is 0 Å². The van der Waals surface area contributed by atoms with Crippen LogP contribution in [-0.4, -0.2) is 9.97 Å². The molecule has 2 bridgehead atoms. The van der Waals surface area contributed by atoms with Crippen molar-refractivity contribution in [1.82, 2.24) is 9.97 Å². The Hall–Kier alpha value is -5.07. The maximum atomic E-state index is 9.42. The molecule has 0 saturated heterocycles. The van der Waals surface area contributed by atoms with Crippen molar-refractivity contribution in [3.63, 3.8) is 0 Å². The summed E-state index contributed by atoms with van der Waals surface area (Å²) in [6.07, 6.45) is 2.78. The lowest BCUT2D eigenvalue weighted by Gasteiger charge is -2.47. The topological polar surface area (TPSA) is 49.6 Å². The Bertz CT molecular complexity index is 1920. The molecular formula is C36H23N3. The van der Waals surface area contributed by atoms with Crippen molar-refractivity contribution in [2.45, 2.75) is 17.3 Å². The summed E-state index contributed by atoms with van der Waals surface area (Å²) < 4.78 is 0. The molecule has 182 valence electrons. The van der Waals surface area contributed by atoms with Crippen LogP contribution in [0.3, 0.4) is 0 Å². The van der Waals surface area contributed by atoms with Crippen molar-refractivity contribution < 1.29 is 0 Å². The van der Waals surface area contributed by atoms with Gasteiger partial charge in [-0.3, -0.25) is 4.98 Å². The van der Waals surface area contributed by atoms with Crippen molar-refractivity contribution in [3.8, 4) is 6.07 Å². The van der Waals surface area contributed by atoms with Crippen LogP contribution in [0, 0.1) is 11.3 Å². The minimum absolute atomic E-state index is 0.337. The van der Waals surface area contributed by atoms with E-state index in [0.717, 1.165) is 23.1 Å². The fourth-order valence-electron chi connectivity index (χ4n) is 7.27. The smallest absolute Gasteiger partial charge is 0.0992 e. The lowest BCUT2D eigenvalue weighted by Crippen LogP contribution is -2.43. The number of benzene rings is 5. The predicted molar refractivity (Wildman–Crippen MR) is 153 cm³/mol. The molecule has 5 aromatic carbocycles. The second-order valence-electron chi connectivity index (χ2n) is 10.5. The number of aromatic nitrogens is 2. The molecule has 1 heterocycles. The molecule has 0 spiro atoms. The van der Waals surface area contributed by atoms with E-state index >= 15 is 0 Å². The van der Waals surface area contributed by atoms with E-state index in [4.69, 9.17) is 9.97 Å². The van der Waals surface area contributed by atoms with Gasteiger partial charge in [0.2, 0.25) is 0 Å². The van der Waals surface area contributed by atoms with Crippen molar-refractivity contribution in [3.05, 3.63) is 178 Å². The average molecular weight is 498 g/mol. The van der Waals surface area contributed by atoms with Crippen molar-refractivity contribution in [1.29, 1.82) is 5.26 Å². The maximum Gasteiger partial charge on any atom is 0.0992 e. The molecule has 0 N–H and O–H groups in total. The van der Waals surface area contributed by atoms with Gasteiger partial charge < -0.3 is 0 Å². The van der Waals surface area contributed by atoms with E-state index in [1.807, 2.05) is 24.4 Å². The quantitative estimate of drug-likeness (QED) is 0.257. The largest absolute Gasteiger partial charge is 0.253 e. The van der Waals surface area contributed by atoms with Gasteiger partial charge in [0.15, 0.2) is 0 Å². The summed E-state index contributed by atoms with van der Waals surface area (Å²) in [5, 5.41) is 9.42. The molecular weight excluding hydrogens is 474 g/mol. The van der Waals surface area contributed by atoms with Gasteiger partial charge in [-0.15, -0.1) is 0 Å². The average Bonchev–Trinajstić information content (AvgIpc) is 3.21. The molecule has 3 aliphatic carbocycles. The van der Waals surface area contributed by atoms with Gasteiger partial charge in [-0.2, -0.15) is 5.26 Å². The summed E-state index contributed by atoms with van der Waals surface area (Å²) in [4.78, 5) is 10.2. The molecule has 9 rings (SSSR count). The third-order valence-electron chi connectivity index (χ3n) is 8.78. The van der Waals surface area contributed by atoms with E-state index in [2.05, 4.69) is 109 Å². The molecule has 0 amide bonds. The molecule has 0 aliphatic heterocycles. The molecule has 3 nitrogen and oxygen atoms in total. The summed E-state index contributed by atoms with van der Waals surface area (Å²) in [5.74, 6) is 0. The first-order valence-electron chi connectivity index (χ1n) is 13.3. The maximum absolute atomic E-state index is 9.42. The van der Waals surface area contributed by atoms with Crippen LogP contribution in [0.4, 0.5) is 0 Å². The molecule has 0 unspecified atom stereocenters. The Labute approximate surface area is 227 Å². The third-order valence-corrected chi connectivity index (χ3v) is 8.78. The van der Waals surface area contributed by atoms with Crippen LogP contribution in [0.1, 0.15) is 50.2 Å². The first kappa shape index (κ1) is 22.0. The fraction of sp³-hybridized carbons (Fsp3) is 0.0833. The molecule has 3 aliphatic rings. The van der Waals surface area contributed by atoms with E-state index < -0.39 is 5.41 Å². The van der Waals surface area contributed by atoms with Crippen molar-refractivity contribution in [2.24, 2.45) is 0 Å². The molecule has 0 radical (unpaired) electrons. The van der Waals surface area contributed by atoms with Gasteiger partial charge in [-0.25, -0.2) is 4.98 Å². The highest BCUT2D eigenvalue weighted by molar-refractivity contribution is 5.79. The summed E-state index contributed by atoms with van der Waals surface area (Å²) >= 11 is 0. The van der Waals surface area contributed by atoms with Crippen LogP contribution in [0.2, 0.25) is 0 Å². The van der Waals surface area contributed by atoms with Crippen LogP contribution >= 0.6 is 0 Å². The minimum Gasteiger partial charge on any atom is -0.253 e. The lowest BCUT2D eigenvalue weighted by atomic mass is 9.55. The summed E-state index contributed by atoms with van der Waals surface area (Å²) in [7, 11) is 0. The van der Waals surface area contributed by atoms with E-state index in [9.17, 15) is 5.26 Å². The summed E-state index contributed by atoms with van der Waals surface area (Å²) in [6, 6.07) is 45.4. The number of fused-ring (bicyclic) bond motifs is 1. The van der Waals surface area contributed by atoms with Crippen LogP contribution < -0.4 is 0 Å². The highest BCUT2D eigenvalue weighted by Gasteiger charge is 2.57. The Balaban J connectivity index is 1.57. The van der Waals surface area contributed by atoms with Gasteiger partial charge in [0.25, 0.3) is 0 Å². The molecule has 39 heavy (non-hydrogen) atoms. The van der Waals surface area contributed by atoms with Gasteiger partial charge in [-0.1, -0.05) is 103 Å². The monoisotopic (exact) mass is 497 g/mol. The number of hydrogen-bond donors (Lipinski definition) is 0. The summed E-state index contributed by atoms with van der Waals surface area (Å²) in [5.41, 5.74) is 11.0. The second kappa shape index (κ2) is 7.96. The minimum atomic E-state index is -0.631. The Morgan fingerprint density at radius 2 is 1.23 bits per heavy atom. The molecule has 1 aromatic heterocycles. The van der Waals surface area contributed by atoms with Crippen LogP contribution in [0.25, 0.3) is 11.0 Å². The van der Waals surface area contributed by atoms with Gasteiger partial charge in [0, 0.05) is 5.41 Å². The molecule has 3 heteroatoms. The number of nitrogens with zero attached hydrogens (tertiary/aromatic N) is 3. The number of rotatable bonds is 2. The zero-order chi connectivity index (χ0) is 26.0. The van der Waals surface area contributed by atoms with Crippen LogP contribution in [0.15, 0.2) is 128 Å². The third kappa shape index (κ3) is 2.76. The number of hydrogen-bond acceptors (Lipinski definition) is 3.